The number of hydrogen-bond acceptors (Lipinski definition) is 2. The van der Waals surface area contributed by atoms with E-state index < -0.39 is 10.1 Å². The van der Waals surface area contributed by atoms with Gasteiger partial charge in [-0.1, -0.05) is 71.6 Å². The van der Waals surface area contributed by atoms with E-state index in [9.17, 15) is 8.42 Å². The summed E-state index contributed by atoms with van der Waals surface area (Å²) in [6.45, 7) is 15.0. The quantitative estimate of drug-likeness (QED) is 0.329. The van der Waals surface area contributed by atoms with Crippen LogP contribution in [0.2, 0.25) is 0 Å². The maximum Gasteiger partial charge on any atom is 0.294 e. The van der Waals surface area contributed by atoms with E-state index in [1.807, 2.05) is 0 Å². The third-order valence-corrected chi connectivity index (χ3v) is 5.85. The van der Waals surface area contributed by atoms with Gasteiger partial charge in [-0.3, -0.25) is 4.55 Å². The largest absolute Gasteiger partial charge is 0.324 e. The van der Waals surface area contributed by atoms with E-state index in [4.69, 9.17) is 4.55 Å². The summed E-state index contributed by atoms with van der Waals surface area (Å²) < 4.78 is 30.7. The van der Waals surface area contributed by atoms with Crippen LogP contribution in [0.15, 0.2) is 35.2 Å². The summed E-state index contributed by atoms with van der Waals surface area (Å²) >= 11 is 0. The standard InChI is InChI=1S/C16H36N.C6H6O3S/c1-5-9-13-17(14-10-6-2,15-11-7-3)16-12-8-4;7-10(8,9)6-4-2-1-3-5-6/h5-16H2,1-4H3;1-5H,(H,7,8,9)/q+1;. The van der Waals surface area contributed by atoms with Gasteiger partial charge in [0.15, 0.2) is 0 Å². The van der Waals surface area contributed by atoms with E-state index in [0.29, 0.717) is 0 Å². The molecule has 0 spiro atoms. The Hall–Kier alpha value is -0.910. The number of quaternary nitrogens is 1. The van der Waals surface area contributed by atoms with Crippen LogP contribution < -0.4 is 0 Å². The molecule has 0 saturated carbocycles. The third kappa shape index (κ3) is 12.2. The molecule has 0 aliphatic carbocycles. The Kier molecular flexibility index (Phi) is 14.6. The molecular formula is C22H42NO3S+. The predicted molar refractivity (Wildman–Crippen MR) is 116 cm³/mol. The third-order valence-electron chi connectivity index (χ3n) is 4.99. The van der Waals surface area contributed by atoms with Gasteiger partial charge in [0.1, 0.15) is 0 Å². The summed E-state index contributed by atoms with van der Waals surface area (Å²) in [4.78, 5) is -0.0741. The van der Waals surface area contributed by atoms with Crippen LogP contribution in [-0.4, -0.2) is 43.6 Å². The Labute approximate surface area is 168 Å². The zero-order valence-corrected chi connectivity index (χ0v) is 18.8. The van der Waals surface area contributed by atoms with E-state index in [2.05, 4.69) is 27.7 Å². The van der Waals surface area contributed by atoms with Gasteiger partial charge in [-0.2, -0.15) is 8.42 Å². The number of nitrogens with zero attached hydrogens (tertiary/aromatic N) is 1. The lowest BCUT2D eigenvalue weighted by atomic mass is 10.1. The van der Waals surface area contributed by atoms with E-state index in [1.165, 1.54) is 94.2 Å². The molecule has 0 heterocycles. The van der Waals surface area contributed by atoms with E-state index in [1.54, 1.807) is 18.2 Å². The highest BCUT2D eigenvalue weighted by Gasteiger charge is 2.24. The molecule has 5 heteroatoms. The molecule has 0 fully saturated rings. The SMILES string of the molecule is CCCC[N+](CCCC)(CCCC)CCCC.O=S(=O)(O)c1ccccc1. The fourth-order valence-corrected chi connectivity index (χ4v) is 3.74. The second-order valence-electron chi connectivity index (χ2n) is 7.44. The van der Waals surface area contributed by atoms with Crippen LogP contribution in [0.5, 0.6) is 0 Å². The van der Waals surface area contributed by atoms with Crippen molar-refractivity contribution < 1.29 is 17.5 Å². The van der Waals surface area contributed by atoms with Crippen LogP contribution in [0.25, 0.3) is 0 Å². The van der Waals surface area contributed by atoms with Gasteiger partial charge in [0.25, 0.3) is 10.1 Å². The highest BCUT2D eigenvalue weighted by Crippen LogP contribution is 2.16. The van der Waals surface area contributed by atoms with Gasteiger partial charge in [0, 0.05) is 0 Å². The van der Waals surface area contributed by atoms with Crippen molar-refractivity contribution in [2.24, 2.45) is 0 Å². The molecule has 1 N–H and O–H groups in total. The van der Waals surface area contributed by atoms with Crippen molar-refractivity contribution in [3.05, 3.63) is 30.3 Å². The summed E-state index contributed by atoms with van der Waals surface area (Å²) in [6.07, 6.45) is 11.1. The van der Waals surface area contributed by atoms with E-state index in [-0.39, 0.29) is 4.90 Å². The van der Waals surface area contributed by atoms with Gasteiger partial charge in [-0.15, -0.1) is 0 Å². The first-order chi connectivity index (χ1) is 12.8. The average Bonchev–Trinajstić information content (AvgIpc) is 2.67. The lowest BCUT2D eigenvalue weighted by Gasteiger charge is -2.39. The van der Waals surface area contributed by atoms with Gasteiger partial charge in [0.05, 0.1) is 31.1 Å². The minimum atomic E-state index is -4.00. The molecule has 0 amide bonds. The molecule has 0 aromatic heterocycles. The predicted octanol–water partition coefficient (Wildman–Crippen LogP) is 5.94. The molecule has 1 rings (SSSR count). The molecule has 4 nitrogen and oxygen atoms in total. The summed E-state index contributed by atoms with van der Waals surface area (Å²) in [5, 5.41) is 0. The molecule has 0 atom stereocenters. The normalized spacial score (nSPS) is 11.7. The van der Waals surface area contributed by atoms with Crippen molar-refractivity contribution in [2.45, 2.75) is 84.0 Å². The van der Waals surface area contributed by atoms with Crippen LogP contribution in [0.3, 0.4) is 0 Å². The molecule has 0 aliphatic rings. The summed E-state index contributed by atoms with van der Waals surface area (Å²) in [5.41, 5.74) is 0. The smallest absolute Gasteiger partial charge is 0.294 e. The van der Waals surface area contributed by atoms with Gasteiger partial charge >= 0.3 is 0 Å². The van der Waals surface area contributed by atoms with E-state index in [0.717, 1.165) is 0 Å². The minimum Gasteiger partial charge on any atom is -0.324 e. The Bertz CT molecular complexity index is 521. The van der Waals surface area contributed by atoms with Crippen molar-refractivity contribution in [2.75, 3.05) is 26.2 Å². The second kappa shape index (κ2) is 15.1. The topological polar surface area (TPSA) is 54.4 Å². The molecule has 0 aliphatic heterocycles. The van der Waals surface area contributed by atoms with Crippen molar-refractivity contribution >= 4 is 10.1 Å². The van der Waals surface area contributed by atoms with Crippen molar-refractivity contribution in [3.63, 3.8) is 0 Å². The first kappa shape index (κ1) is 26.1. The fourth-order valence-electron chi connectivity index (χ4n) is 3.24. The van der Waals surface area contributed by atoms with Gasteiger partial charge in [-0.25, -0.2) is 0 Å². The number of benzene rings is 1. The van der Waals surface area contributed by atoms with Gasteiger partial charge in [-0.05, 0) is 37.8 Å². The average molecular weight is 401 g/mol. The zero-order chi connectivity index (χ0) is 20.6. The molecule has 0 radical (unpaired) electrons. The van der Waals surface area contributed by atoms with E-state index >= 15 is 0 Å². The second-order valence-corrected chi connectivity index (χ2v) is 8.86. The van der Waals surface area contributed by atoms with Crippen LogP contribution in [0.4, 0.5) is 0 Å². The van der Waals surface area contributed by atoms with Crippen LogP contribution >= 0.6 is 0 Å². The Balaban J connectivity index is 0.000000569. The lowest BCUT2D eigenvalue weighted by Crippen LogP contribution is -2.50. The number of rotatable bonds is 13. The summed E-state index contributed by atoms with van der Waals surface area (Å²) in [7, 11) is -4.00. The lowest BCUT2D eigenvalue weighted by molar-refractivity contribution is -0.929. The van der Waals surface area contributed by atoms with Gasteiger partial charge in [0.2, 0.25) is 0 Å². The van der Waals surface area contributed by atoms with Crippen LogP contribution in [0, 0.1) is 0 Å². The maximum absolute atomic E-state index is 10.4. The summed E-state index contributed by atoms with van der Waals surface area (Å²) in [5.74, 6) is 0. The van der Waals surface area contributed by atoms with Crippen LogP contribution in [-0.2, 0) is 10.1 Å². The van der Waals surface area contributed by atoms with Crippen molar-refractivity contribution in [3.8, 4) is 0 Å². The molecular weight excluding hydrogens is 358 g/mol. The molecule has 0 bridgehead atoms. The monoisotopic (exact) mass is 400 g/mol. The Morgan fingerprint density at radius 2 is 1.04 bits per heavy atom. The maximum atomic E-state index is 10.4. The van der Waals surface area contributed by atoms with Crippen molar-refractivity contribution in [1.29, 1.82) is 0 Å². The first-order valence-corrected chi connectivity index (χ1v) is 12.2. The molecule has 27 heavy (non-hydrogen) atoms. The fraction of sp³-hybridized carbons (Fsp3) is 0.727. The van der Waals surface area contributed by atoms with Gasteiger partial charge < -0.3 is 4.48 Å². The molecule has 0 saturated heterocycles. The Morgan fingerprint density at radius 3 is 1.26 bits per heavy atom. The zero-order valence-electron chi connectivity index (χ0n) is 18.0. The molecule has 1 aromatic carbocycles. The molecule has 1 aromatic rings. The number of unbranched alkanes of at least 4 members (excludes halogenated alkanes) is 4. The Morgan fingerprint density at radius 1 is 0.704 bits per heavy atom. The number of hydrogen-bond donors (Lipinski definition) is 1. The highest BCUT2D eigenvalue weighted by atomic mass is 32.2. The molecule has 158 valence electrons. The van der Waals surface area contributed by atoms with Crippen LogP contribution in [0.1, 0.15) is 79.1 Å². The highest BCUT2D eigenvalue weighted by molar-refractivity contribution is 7.85. The minimum absolute atomic E-state index is 0.0741. The van der Waals surface area contributed by atoms with Crippen molar-refractivity contribution in [1.82, 2.24) is 0 Å². The first-order valence-electron chi connectivity index (χ1n) is 10.7. The molecule has 0 unspecified atom stereocenters. The summed E-state index contributed by atoms with van der Waals surface area (Å²) in [6, 6.07) is 7.42.